The van der Waals surface area contributed by atoms with E-state index in [4.69, 9.17) is 14.6 Å². The zero-order valence-electron chi connectivity index (χ0n) is 17.8. The topological polar surface area (TPSA) is 34.1 Å². The highest BCUT2D eigenvalue weighted by molar-refractivity contribution is 9.11. The summed E-state index contributed by atoms with van der Waals surface area (Å²) in [5, 5.41) is 9.65. The first-order chi connectivity index (χ1) is 16.1. The Hall–Kier alpha value is -2.83. The Morgan fingerprint density at radius 2 is 1.70 bits per heavy atom. The molecule has 0 N–H and O–H groups in total. The number of rotatable bonds is 3. The van der Waals surface area contributed by atoms with Crippen LogP contribution in [0, 0.1) is 0 Å². The lowest BCUT2D eigenvalue weighted by Gasteiger charge is -2.39. The Morgan fingerprint density at radius 1 is 0.909 bits per heavy atom. The summed E-state index contributed by atoms with van der Waals surface area (Å²) in [6.45, 7) is 0. The van der Waals surface area contributed by atoms with Crippen molar-refractivity contribution in [3.63, 3.8) is 0 Å². The number of benzene rings is 4. The predicted molar refractivity (Wildman–Crippen MR) is 138 cm³/mol. The molecule has 0 saturated heterocycles. The lowest BCUT2D eigenvalue weighted by Crippen LogP contribution is -2.34. The Balaban J connectivity index is 1.49. The van der Waals surface area contributed by atoms with Gasteiger partial charge in [0.15, 0.2) is 0 Å². The average molecular weight is 564 g/mol. The van der Waals surface area contributed by atoms with Crippen molar-refractivity contribution in [1.29, 1.82) is 0 Å². The fraction of sp³-hybridized carbons (Fsp3) is 0.148. The Labute approximate surface area is 209 Å². The number of ether oxygens (including phenoxy) is 2. The number of hydrazone groups is 1. The lowest BCUT2D eigenvalue weighted by atomic mass is 9.95. The average Bonchev–Trinajstić information content (AvgIpc) is 3.29. The molecule has 0 amide bonds. The van der Waals surface area contributed by atoms with Gasteiger partial charge in [0.25, 0.3) is 0 Å². The van der Waals surface area contributed by atoms with Crippen LogP contribution in [-0.4, -0.2) is 17.8 Å². The van der Waals surface area contributed by atoms with E-state index in [1.165, 1.54) is 10.8 Å². The summed E-state index contributed by atoms with van der Waals surface area (Å²) in [6, 6.07) is 27.2. The minimum absolute atomic E-state index is 0.0546. The zero-order valence-corrected chi connectivity index (χ0v) is 21.0. The van der Waals surface area contributed by atoms with Crippen molar-refractivity contribution in [2.24, 2.45) is 5.10 Å². The highest BCUT2D eigenvalue weighted by atomic mass is 79.9. The molecule has 4 aromatic rings. The largest absolute Gasteiger partial charge is 0.496 e. The van der Waals surface area contributed by atoms with E-state index in [0.29, 0.717) is 0 Å². The van der Waals surface area contributed by atoms with E-state index in [1.54, 1.807) is 7.11 Å². The Morgan fingerprint density at radius 3 is 2.55 bits per heavy atom. The first-order valence-corrected chi connectivity index (χ1v) is 12.3. The fourth-order valence-corrected chi connectivity index (χ4v) is 6.09. The molecular formula is C27H20Br2N2O2. The summed E-state index contributed by atoms with van der Waals surface area (Å²) in [5.74, 6) is 1.64. The minimum Gasteiger partial charge on any atom is -0.496 e. The molecule has 0 aromatic heterocycles. The monoisotopic (exact) mass is 562 g/mol. The highest BCUT2D eigenvalue weighted by Crippen LogP contribution is 2.51. The first kappa shape index (κ1) is 20.8. The fourth-order valence-electron chi connectivity index (χ4n) is 4.73. The second kappa shape index (κ2) is 8.19. The van der Waals surface area contributed by atoms with Crippen molar-refractivity contribution in [2.45, 2.75) is 18.7 Å². The van der Waals surface area contributed by atoms with Gasteiger partial charge in [-0.25, -0.2) is 5.01 Å². The molecule has 0 saturated carbocycles. The number of halogens is 2. The van der Waals surface area contributed by atoms with Crippen LogP contribution in [0.15, 0.2) is 92.9 Å². The molecule has 0 aliphatic carbocycles. The molecule has 2 atom stereocenters. The van der Waals surface area contributed by atoms with Crippen LogP contribution < -0.4 is 9.47 Å². The number of nitrogens with zero attached hydrogens (tertiary/aromatic N) is 2. The van der Waals surface area contributed by atoms with Gasteiger partial charge in [0.2, 0.25) is 6.23 Å². The van der Waals surface area contributed by atoms with E-state index in [9.17, 15) is 0 Å². The molecule has 6 heteroatoms. The van der Waals surface area contributed by atoms with E-state index in [0.717, 1.165) is 49.3 Å². The molecule has 6 rings (SSSR count). The number of fused-ring (bicyclic) bond motifs is 4. The number of hydrogen-bond donors (Lipinski definition) is 0. The molecule has 4 nitrogen and oxygen atoms in total. The van der Waals surface area contributed by atoms with Crippen LogP contribution in [0.5, 0.6) is 11.5 Å². The van der Waals surface area contributed by atoms with Crippen molar-refractivity contribution >= 4 is 48.3 Å². The van der Waals surface area contributed by atoms with Gasteiger partial charge < -0.3 is 9.47 Å². The Bertz CT molecular complexity index is 1420. The van der Waals surface area contributed by atoms with Crippen LogP contribution in [0.2, 0.25) is 0 Å². The van der Waals surface area contributed by atoms with Gasteiger partial charge in [0, 0.05) is 16.5 Å². The van der Waals surface area contributed by atoms with Gasteiger partial charge in [-0.1, -0.05) is 64.5 Å². The molecule has 0 bridgehead atoms. The van der Waals surface area contributed by atoms with Crippen LogP contribution in [-0.2, 0) is 0 Å². The summed E-state index contributed by atoms with van der Waals surface area (Å²) in [7, 11) is 1.69. The number of methoxy groups -OCH3 is 1. The zero-order chi connectivity index (χ0) is 22.5. The molecule has 4 aromatic carbocycles. The van der Waals surface area contributed by atoms with E-state index in [1.807, 2.05) is 30.3 Å². The maximum Gasteiger partial charge on any atom is 0.217 e. The van der Waals surface area contributed by atoms with Gasteiger partial charge in [-0.2, -0.15) is 5.10 Å². The summed E-state index contributed by atoms with van der Waals surface area (Å²) in [6.07, 6.45) is 0.401. The molecule has 2 aliphatic heterocycles. The maximum absolute atomic E-state index is 6.59. The number of hydrogen-bond acceptors (Lipinski definition) is 4. The van der Waals surface area contributed by atoms with Gasteiger partial charge >= 0.3 is 0 Å². The quantitative estimate of drug-likeness (QED) is 0.257. The molecular weight excluding hydrogens is 544 g/mol. The van der Waals surface area contributed by atoms with Crippen LogP contribution in [0.1, 0.15) is 35.4 Å². The molecule has 0 radical (unpaired) electrons. The molecule has 0 unspecified atom stereocenters. The van der Waals surface area contributed by atoms with E-state index >= 15 is 0 Å². The third kappa shape index (κ3) is 3.52. The standard InChI is InChI=1S/C27H20Br2N2O2/c1-32-25-9-5-4-8-20(25)27-31-24(21-13-19(28)14-22(29)26(21)33-27)15-23(30-31)18-11-10-16-6-2-3-7-17(16)12-18/h2-14,24,27H,15H2,1H3/t24-,27-/m1/s1. The molecule has 0 fully saturated rings. The normalized spacial score (nSPS) is 19.0. The van der Waals surface area contributed by atoms with Gasteiger partial charge in [0.05, 0.1) is 28.9 Å². The summed E-state index contributed by atoms with van der Waals surface area (Å²) < 4.78 is 14.2. The van der Waals surface area contributed by atoms with Gasteiger partial charge in [-0.3, -0.25) is 0 Å². The first-order valence-electron chi connectivity index (χ1n) is 10.8. The van der Waals surface area contributed by atoms with Crippen molar-refractivity contribution in [3.8, 4) is 11.5 Å². The Kier molecular flexibility index (Phi) is 5.15. The molecule has 2 heterocycles. The van der Waals surface area contributed by atoms with Crippen LogP contribution in [0.3, 0.4) is 0 Å². The van der Waals surface area contributed by atoms with Crippen LogP contribution in [0.4, 0.5) is 0 Å². The van der Waals surface area contributed by atoms with Crippen molar-refractivity contribution in [1.82, 2.24) is 5.01 Å². The van der Waals surface area contributed by atoms with Gasteiger partial charge in [0.1, 0.15) is 11.5 Å². The minimum atomic E-state index is -0.394. The third-order valence-corrected chi connectivity index (χ3v) is 7.34. The summed E-state index contributed by atoms with van der Waals surface area (Å²) in [5.41, 5.74) is 4.26. The van der Waals surface area contributed by atoms with Crippen molar-refractivity contribution in [3.05, 3.63) is 104 Å². The van der Waals surface area contributed by atoms with Crippen LogP contribution in [0.25, 0.3) is 10.8 Å². The molecule has 0 spiro atoms. The van der Waals surface area contributed by atoms with Crippen molar-refractivity contribution < 1.29 is 9.47 Å². The third-order valence-electron chi connectivity index (χ3n) is 6.30. The van der Waals surface area contributed by atoms with E-state index < -0.39 is 6.23 Å². The second-order valence-electron chi connectivity index (χ2n) is 8.23. The smallest absolute Gasteiger partial charge is 0.217 e. The van der Waals surface area contributed by atoms with Crippen LogP contribution >= 0.6 is 31.9 Å². The number of para-hydroxylation sites is 1. The van der Waals surface area contributed by atoms with E-state index in [-0.39, 0.29) is 6.04 Å². The predicted octanol–water partition coefficient (Wildman–Crippen LogP) is 7.62. The second-order valence-corrected chi connectivity index (χ2v) is 10.00. The summed E-state index contributed by atoms with van der Waals surface area (Å²) in [4.78, 5) is 0. The van der Waals surface area contributed by atoms with Gasteiger partial charge in [-0.05, 0) is 62.6 Å². The van der Waals surface area contributed by atoms with E-state index in [2.05, 4.69) is 85.4 Å². The lowest BCUT2D eigenvalue weighted by molar-refractivity contribution is -0.0210. The molecule has 33 heavy (non-hydrogen) atoms. The highest BCUT2D eigenvalue weighted by Gasteiger charge is 2.42. The SMILES string of the molecule is COc1ccccc1[C@H]1Oc2c(Br)cc(Br)cc2[C@H]2CC(c3ccc4ccccc4c3)=NN21. The van der Waals surface area contributed by atoms with Gasteiger partial charge in [-0.15, -0.1) is 0 Å². The summed E-state index contributed by atoms with van der Waals surface area (Å²) >= 11 is 7.36. The maximum atomic E-state index is 6.59. The molecule has 2 aliphatic rings. The molecule has 164 valence electrons. The van der Waals surface area contributed by atoms with Crippen molar-refractivity contribution in [2.75, 3.05) is 7.11 Å².